The normalized spacial score (nSPS) is 10.3. The first-order valence-corrected chi connectivity index (χ1v) is 7.51. The molecule has 2 aromatic rings. The monoisotopic (exact) mass is 367 g/mol. The Morgan fingerprint density at radius 2 is 1.81 bits per heavy atom. The molecule has 5 heteroatoms. The van der Waals surface area contributed by atoms with Crippen LogP contribution in [-0.4, -0.2) is 13.0 Å². The minimum absolute atomic E-state index is 0.247. The van der Waals surface area contributed by atoms with E-state index in [-0.39, 0.29) is 5.91 Å². The number of amides is 1. The maximum atomic E-state index is 12.5. The number of ether oxygens (including phenoxy) is 1. The minimum Gasteiger partial charge on any atom is -0.496 e. The Morgan fingerprint density at radius 3 is 2.38 bits per heavy atom. The van der Waals surface area contributed by atoms with Gasteiger partial charge < -0.3 is 10.1 Å². The van der Waals surface area contributed by atoms with E-state index in [1.54, 1.807) is 18.2 Å². The molecule has 0 aliphatic heterocycles. The van der Waals surface area contributed by atoms with Gasteiger partial charge in [0.05, 0.1) is 12.7 Å². The lowest BCUT2D eigenvalue weighted by Gasteiger charge is -2.14. The molecule has 0 aliphatic carbocycles. The zero-order valence-corrected chi connectivity index (χ0v) is 14.3. The predicted molar refractivity (Wildman–Crippen MR) is 89.6 cm³/mol. The van der Waals surface area contributed by atoms with Gasteiger partial charge in [0.1, 0.15) is 5.75 Å². The molecule has 0 heterocycles. The van der Waals surface area contributed by atoms with E-state index >= 15 is 0 Å². The highest BCUT2D eigenvalue weighted by molar-refractivity contribution is 9.10. The number of nitrogens with one attached hydrogen (secondary N) is 1. The van der Waals surface area contributed by atoms with Gasteiger partial charge in [0.2, 0.25) is 0 Å². The maximum Gasteiger partial charge on any atom is 0.259 e. The van der Waals surface area contributed by atoms with E-state index in [4.69, 9.17) is 16.3 Å². The summed E-state index contributed by atoms with van der Waals surface area (Å²) in [4.78, 5) is 12.5. The van der Waals surface area contributed by atoms with Gasteiger partial charge in [0, 0.05) is 15.2 Å². The highest BCUT2D eigenvalue weighted by Gasteiger charge is 2.15. The molecule has 1 N–H and O–H groups in total. The van der Waals surface area contributed by atoms with Crippen molar-refractivity contribution in [2.75, 3.05) is 12.4 Å². The summed E-state index contributed by atoms with van der Waals surface area (Å²) in [7, 11) is 1.52. The number of anilines is 1. The Bertz CT molecular complexity index is 678. The number of aryl methyl sites for hydroxylation is 2. The molecule has 0 spiro atoms. The van der Waals surface area contributed by atoms with Gasteiger partial charge in [-0.2, -0.15) is 0 Å². The van der Waals surface area contributed by atoms with Crippen LogP contribution in [0.4, 0.5) is 5.69 Å². The van der Waals surface area contributed by atoms with E-state index in [9.17, 15) is 4.79 Å². The summed E-state index contributed by atoms with van der Waals surface area (Å²) >= 11 is 9.40. The van der Waals surface area contributed by atoms with Crippen LogP contribution in [0.5, 0.6) is 5.75 Å². The second-order valence-electron chi connectivity index (χ2n) is 4.71. The zero-order valence-electron chi connectivity index (χ0n) is 12.0. The third-order valence-corrected chi connectivity index (χ3v) is 3.84. The molecule has 0 atom stereocenters. The number of hydrogen-bond donors (Lipinski definition) is 1. The summed E-state index contributed by atoms with van der Waals surface area (Å²) in [6.07, 6.45) is 0. The first-order valence-electron chi connectivity index (χ1n) is 6.34. The molecule has 0 saturated heterocycles. The van der Waals surface area contributed by atoms with Crippen molar-refractivity contribution in [3.63, 3.8) is 0 Å². The molecule has 0 fully saturated rings. The van der Waals surface area contributed by atoms with E-state index in [2.05, 4.69) is 21.2 Å². The van der Waals surface area contributed by atoms with Crippen molar-refractivity contribution in [2.45, 2.75) is 13.8 Å². The molecule has 0 saturated carbocycles. The first kappa shape index (κ1) is 15.9. The van der Waals surface area contributed by atoms with Crippen molar-refractivity contribution in [1.29, 1.82) is 0 Å². The second kappa shape index (κ2) is 6.50. The summed E-state index contributed by atoms with van der Waals surface area (Å²) < 4.78 is 6.19. The summed E-state index contributed by atoms with van der Waals surface area (Å²) in [6.45, 7) is 3.89. The average Bonchev–Trinajstić information content (AvgIpc) is 2.42. The van der Waals surface area contributed by atoms with Crippen molar-refractivity contribution in [2.24, 2.45) is 0 Å². The van der Waals surface area contributed by atoms with Crippen LogP contribution in [0.15, 0.2) is 34.8 Å². The third kappa shape index (κ3) is 3.57. The Morgan fingerprint density at radius 1 is 1.19 bits per heavy atom. The van der Waals surface area contributed by atoms with E-state index < -0.39 is 0 Å². The largest absolute Gasteiger partial charge is 0.496 e. The molecule has 0 aliphatic rings. The van der Waals surface area contributed by atoms with Crippen LogP contribution in [0.1, 0.15) is 21.5 Å². The molecule has 21 heavy (non-hydrogen) atoms. The van der Waals surface area contributed by atoms with Crippen LogP contribution in [0.2, 0.25) is 5.02 Å². The van der Waals surface area contributed by atoms with E-state index in [0.29, 0.717) is 16.3 Å². The van der Waals surface area contributed by atoms with Gasteiger partial charge in [-0.25, -0.2) is 0 Å². The number of rotatable bonds is 3. The lowest BCUT2D eigenvalue weighted by atomic mass is 10.1. The van der Waals surface area contributed by atoms with Crippen LogP contribution in [-0.2, 0) is 0 Å². The van der Waals surface area contributed by atoms with Crippen molar-refractivity contribution in [1.82, 2.24) is 0 Å². The number of carbonyl (C=O) groups excluding carboxylic acids is 1. The highest BCUT2D eigenvalue weighted by atomic mass is 79.9. The number of methoxy groups -OCH3 is 1. The van der Waals surface area contributed by atoms with Crippen molar-refractivity contribution in [3.8, 4) is 5.75 Å². The predicted octanol–water partition coefficient (Wildman–Crippen LogP) is 4.98. The van der Waals surface area contributed by atoms with Crippen LogP contribution in [0.3, 0.4) is 0 Å². The fraction of sp³-hybridized carbons (Fsp3) is 0.188. The number of hydrogen-bond acceptors (Lipinski definition) is 2. The average molecular weight is 369 g/mol. The Balaban J connectivity index is 2.37. The number of halogens is 2. The van der Waals surface area contributed by atoms with Crippen molar-refractivity contribution < 1.29 is 9.53 Å². The van der Waals surface area contributed by atoms with Gasteiger partial charge in [-0.05, 0) is 55.3 Å². The van der Waals surface area contributed by atoms with Gasteiger partial charge in [-0.1, -0.05) is 27.5 Å². The van der Waals surface area contributed by atoms with E-state index in [1.165, 1.54) is 7.11 Å². The fourth-order valence-electron chi connectivity index (χ4n) is 2.15. The minimum atomic E-state index is -0.247. The fourth-order valence-corrected chi connectivity index (χ4v) is 3.01. The van der Waals surface area contributed by atoms with Crippen LogP contribution < -0.4 is 10.1 Å². The summed E-state index contributed by atoms with van der Waals surface area (Å²) in [6, 6.07) is 8.88. The molecular weight excluding hydrogens is 354 g/mol. The standard InChI is InChI=1S/C16H15BrClNO2/c1-9-6-11(17)7-10(2)15(9)19-16(20)13-8-12(18)4-5-14(13)21-3/h4-8H,1-3H3,(H,19,20). The maximum absolute atomic E-state index is 12.5. The zero-order chi connectivity index (χ0) is 15.6. The SMILES string of the molecule is COc1ccc(Cl)cc1C(=O)Nc1c(C)cc(Br)cc1C. The lowest BCUT2D eigenvalue weighted by Crippen LogP contribution is -2.15. The molecule has 0 aromatic heterocycles. The molecule has 1 amide bonds. The Kier molecular flexibility index (Phi) is 4.91. The van der Waals surface area contributed by atoms with Gasteiger partial charge in [0.15, 0.2) is 0 Å². The van der Waals surface area contributed by atoms with Gasteiger partial charge in [0.25, 0.3) is 5.91 Å². The molecule has 3 nitrogen and oxygen atoms in total. The van der Waals surface area contributed by atoms with E-state index in [0.717, 1.165) is 21.3 Å². The number of benzene rings is 2. The quantitative estimate of drug-likeness (QED) is 0.829. The van der Waals surface area contributed by atoms with Gasteiger partial charge in [-0.15, -0.1) is 0 Å². The molecule has 2 rings (SSSR count). The third-order valence-electron chi connectivity index (χ3n) is 3.14. The lowest BCUT2D eigenvalue weighted by molar-refractivity contribution is 0.102. The van der Waals surface area contributed by atoms with Crippen molar-refractivity contribution >= 4 is 39.1 Å². The van der Waals surface area contributed by atoms with Crippen LogP contribution >= 0.6 is 27.5 Å². The molecule has 2 aromatic carbocycles. The van der Waals surface area contributed by atoms with Crippen LogP contribution in [0, 0.1) is 13.8 Å². The molecule has 110 valence electrons. The molecule has 0 radical (unpaired) electrons. The number of carbonyl (C=O) groups is 1. The summed E-state index contributed by atoms with van der Waals surface area (Å²) in [5.41, 5.74) is 3.17. The van der Waals surface area contributed by atoms with Crippen LogP contribution in [0.25, 0.3) is 0 Å². The second-order valence-corrected chi connectivity index (χ2v) is 6.07. The molecule has 0 unspecified atom stereocenters. The van der Waals surface area contributed by atoms with E-state index in [1.807, 2.05) is 26.0 Å². The Labute approximate surface area is 137 Å². The summed E-state index contributed by atoms with van der Waals surface area (Å²) in [5, 5.41) is 3.42. The highest BCUT2D eigenvalue weighted by Crippen LogP contribution is 2.28. The summed E-state index contributed by atoms with van der Waals surface area (Å²) in [5.74, 6) is 0.243. The van der Waals surface area contributed by atoms with Crippen molar-refractivity contribution in [3.05, 3.63) is 56.5 Å². The smallest absolute Gasteiger partial charge is 0.259 e. The Hall–Kier alpha value is -1.52. The van der Waals surface area contributed by atoms with Gasteiger partial charge in [-0.3, -0.25) is 4.79 Å². The molecule has 0 bridgehead atoms. The molecular formula is C16H15BrClNO2. The first-order chi connectivity index (χ1) is 9.92. The topological polar surface area (TPSA) is 38.3 Å². The van der Waals surface area contributed by atoms with Gasteiger partial charge >= 0.3 is 0 Å².